The summed E-state index contributed by atoms with van der Waals surface area (Å²) in [5.74, 6) is 1.11. The van der Waals surface area contributed by atoms with Gasteiger partial charge in [0.05, 0.1) is 10.7 Å². The summed E-state index contributed by atoms with van der Waals surface area (Å²) in [5, 5.41) is 7.23. The summed E-state index contributed by atoms with van der Waals surface area (Å²) < 4.78 is 5.42. The van der Waals surface area contributed by atoms with Crippen LogP contribution in [-0.2, 0) is 0 Å². The van der Waals surface area contributed by atoms with E-state index in [4.69, 9.17) is 4.52 Å². The van der Waals surface area contributed by atoms with E-state index in [9.17, 15) is 0 Å². The lowest BCUT2D eigenvalue weighted by Crippen LogP contribution is -1.84. The van der Waals surface area contributed by atoms with E-state index >= 15 is 0 Å². The maximum atomic E-state index is 5.42. The monoisotopic (exact) mass is 333 g/mol. The summed E-state index contributed by atoms with van der Waals surface area (Å²) in [6.07, 6.45) is 0. The van der Waals surface area contributed by atoms with Gasteiger partial charge in [-0.15, -0.1) is 11.3 Å². The van der Waals surface area contributed by atoms with E-state index in [2.05, 4.69) is 27.4 Å². The zero-order valence-electron chi connectivity index (χ0n) is 13.4. The van der Waals surface area contributed by atoms with Gasteiger partial charge in [-0.1, -0.05) is 41.1 Å². The molecule has 0 saturated carbocycles. The van der Waals surface area contributed by atoms with Crippen molar-refractivity contribution >= 4 is 11.3 Å². The van der Waals surface area contributed by atoms with Crippen LogP contribution in [0.25, 0.3) is 34.1 Å². The fraction of sp³-hybridized carbons (Fsp3) is 0.105. The second-order valence-corrected chi connectivity index (χ2v) is 6.68. The molecule has 118 valence electrons. The number of thiazole rings is 1. The Morgan fingerprint density at radius 3 is 2.42 bits per heavy atom. The molecule has 0 radical (unpaired) electrons. The van der Waals surface area contributed by atoms with Gasteiger partial charge in [-0.2, -0.15) is 4.98 Å². The topological polar surface area (TPSA) is 51.8 Å². The highest BCUT2D eigenvalue weighted by molar-refractivity contribution is 7.09. The fourth-order valence-corrected chi connectivity index (χ4v) is 3.09. The predicted octanol–water partition coefficient (Wildman–Crippen LogP) is 5.14. The average Bonchev–Trinajstić information content (AvgIpc) is 3.25. The number of nitrogens with zero attached hydrogens (tertiary/aromatic N) is 3. The summed E-state index contributed by atoms with van der Waals surface area (Å²) in [5.41, 5.74) is 5.07. The minimum absolute atomic E-state index is 0.528. The van der Waals surface area contributed by atoms with Crippen LogP contribution in [0.5, 0.6) is 0 Å². The van der Waals surface area contributed by atoms with Crippen molar-refractivity contribution in [3.63, 3.8) is 0 Å². The third-order valence-corrected chi connectivity index (χ3v) is 4.53. The second-order valence-electron chi connectivity index (χ2n) is 5.62. The number of hydrogen-bond donors (Lipinski definition) is 0. The Morgan fingerprint density at radius 1 is 0.875 bits per heavy atom. The number of aryl methyl sites for hydroxylation is 2. The van der Waals surface area contributed by atoms with Crippen molar-refractivity contribution in [1.29, 1.82) is 0 Å². The van der Waals surface area contributed by atoms with Crippen molar-refractivity contribution in [2.24, 2.45) is 0 Å². The quantitative estimate of drug-likeness (QED) is 0.520. The van der Waals surface area contributed by atoms with Gasteiger partial charge in [0.25, 0.3) is 5.89 Å². The number of aromatic nitrogens is 3. The van der Waals surface area contributed by atoms with Crippen LogP contribution in [0.15, 0.2) is 58.4 Å². The van der Waals surface area contributed by atoms with E-state index in [1.807, 2.05) is 55.5 Å². The molecule has 0 fully saturated rings. The van der Waals surface area contributed by atoms with Crippen LogP contribution >= 0.6 is 11.3 Å². The average molecular weight is 333 g/mol. The zero-order valence-corrected chi connectivity index (χ0v) is 14.2. The third kappa shape index (κ3) is 2.86. The van der Waals surface area contributed by atoms with Crippen LogP contribution in [0.3, 0.4) is 0 Å². The van der Waals surface area contributed by atoms with Gasteiger partial charge in [-0.3, -0.25) is 0 Å². The van der Waals surface area contributed by atoms with Crippen molar-refractivity contribution in [1.82, 2.24) is 15.1 Å². The van der Waals surface area contributed by atoms with Gasteiger partial charge in [0.15, 0.2) is 0 Å². The first kappa shape index (κ1) is 14.8. The Hall–Kier alpha value is -2.79. The molecule has 4 aromatic rings. The zero-order chi connectivity index (χ0) is 16.5. The highest BCUT2D eigenvalue weighted by Crippen LogP contribution is 2.27. The lowest BCUT2D eigenvalue weighted by Gasteiger charge is -1.99. The molecule has 24 heavy (non-hydrogen) atoms. The highest BCUT2D eigenvalue weighted by Gasteiger charge is 2.12. The fourth-order valence-electron chi connectivity index (χ4n) is 2.47. The summed E-state index contributed by atoms with van der Waals surface area (Å²) in [4.78, 5) is 9.06. The van der Waals surface area contributed by atoms with E-state index in [-0.39, 0.29) is 0 Å². The van der Waals surface area contributed by atoms with E-state index in [1.54, 1.807) is 11.3 Å². The Labute approximate surface area is 143 Å². The van der Waals surface area contributed by atoms with Crippen molar-refractivity contribution in [2.45, 2.75) is 13.8 Å². The Morgan fingerprint density at radius 2 is 1.67 bits per heavy atom. The molecule has 0 aliphatic rings. The molecule has 0 amide bonds. The van der Waals surface area contributed by atoms with E-state index in [0.717, 1.165) is 27.4 Å². The summed E-state index contributed by atoms with van der Waals surface area (Å²) in [7, 11) is 0. The summed E-state index contributed by atoms with van der Waals surface area (Å²) >= 11 is 1.64. The van der Waals surface area contributed by atoms with E-state index in [0.29, 0.717) is 11.7 Å². The molecule has 2 heterocycles. The van der Waals surface area contributed by atoms with Gasteiger partial charge in [-0.05, 0) is 32.0 Å². The van der Waals surface area contributed by atoms with Crippen LogP contribution in [0, 0.1) is 13.8 Å². The molecule has 0 aliphatic heterocycles. The summed E-state index contributed by atoms with van der Waals surface area (Å²) in [6, 6.07) is 16.1. The van der Waals surface area contributed by atoms with Crippen LogP contribution in [0.4, 0.5) is 0 Å². The molecular weight excluding hydrogens is 318 g/mol. The Kier molecular flexibility index (Phi) is 3.70. The van der Waals surface area contributed by atoms with Gasteiger partial charge in [-0.25, -0.2) is 4.98 Å². The predicted molar refractivity (Wildman–Crippen MR) is 95.8 cm³/mol. The van der Waals surface area contributed by atoms with Crippen LogP contribution in [-0.4, -0.2) is 15.1 Å². The Balaban J connectivity index is 1.68. The van der Waals surface area contributed by atoms with Gasteiger partial charge in [0, 0.05) is 22.1 Å². The molecule has 0 bridgehead atoms. The van der Waals surface area contributed by atoms with Gasteiger partial charge < -0.3 is 4.52 Å². The van der Waals surface area contributed by atoms with E-state index in [1.165, 1.54) is 5.56 Å². The van der Waals surface area contributed by atoms with Gasteiger partial charge in [0.2, 0.25) is 5.82 Å². The molecule has 0 atom stereocenters. The second kappa shape index (κ2) is 6.02. The molecule has 2 aromatic heterocycles. The Bertz CT molecular complexity index is 986. The van der Waals surface area contributed by atoms with Crippen molar-refractivity contribution in [2.75, 3.05) is 0 Å². The standard InChI is InChI=1S/C19H15N3OS/c1-12-6-8-14(9-7-12)19-21-18(22-23-19)16-5-3-4-15(10-16)17-11-24-13(2)20-17/h3-11H,1-2H3. The van der Waals surface area contributed by atoms with Crippen molar-refractivity contribution in [3.8, 4) is 34.1 Å². The smallest absolute Gasteiger partial charge is 0.258 e. The van der Waals surface area contributed by atoms with Crippen molar-refractivity contribution < 1.29 is 4.52 Å². The molecule has 2 aromatic carbocycles. The first-order valence-electron chi connectivity index (χ1n) is 7.63. The van der Waals surface area contributed by atoms with E-state index < -0.39 is 0 Å². The largest absolute Gasteiger partial charge is 0.334 e. The molecule has 4 nitrogen and oxygen atoms in total. The SMILES string of the molecule is Cc1ccc(-c2nc(-c3cccc(-c4csc(C)n4)c3)no2)cc1. The lowest BCUT2D eigenvalue weighted by molar-refractivity contribution is 0.432. The number of hydrogen-bond acceptors (Lipinski definition) is 5. The first-order valence-corrected chi connectivity index (χ1v) is 8.51. The maximum absolute atomic E-state index is 5.42. The normalized spacial score (nSPS) is 10.9. The minimum Gasteiger partial charge on any atom is -0.334 e. The maximum Gasteiger partial charge on any atom is 0.258 e. The molecule has 0 aliphatic carbocycles. The summed E-state index contributed by atoms with van der Waals surface area (Å²) in [6.45, 7) is 4.06. The number of benzene rings is 2. The molecule has 5 heteroatoms. The minimum atomic E-state index is 0.528. The van der Waals surface area contributed by atoms with Crippen LogP contribution in [0.1, 0.15) is 10.6 Å². The molecule has 0 spiro atoms. The molecule has 4 rings (SSSR count). The molecule has 0 unspecified atom stereocenters. The highest BCUT2D eigenvalue weighted by atomic mass is 32.1. The third-order valence-electron chi connectivity index (χ3n) is 3.76. The van der Waals surface area contributed by atoms with Gasteiger partial charge >= 0.3 is 0 Å². The van der Waals surface area contributed by atoms with Gasteiger partial charge in [0.1, 0.15) is 0 Å². The molecular formula is C19H15N3OS. The molecule has 0 N–H and O–H groups in total. The van der Waals surface area contributed by atoms with Crippen LogP contribution < -0.4 is 0 Å². The molecule has 0 saturated heterocycles. The first-order chi connectivity index (χ1) is 11.7. The van der Waals surface area contributed by atoms with Crippen LogP contribution in [0.2, 0.25) is 0 Å². The van der Waals surface area contributed by atoms with Crippen molar-refractivity contribution in [3.05, 3.63) is 64.5 Å². The lowest BCUT2D eigenvalue weighted by atomic mass is 10.1. The number of rotatable bonds is 3.